The summed E-state index contributed by atoms with van der Waals surface area (Å²) >= 11 is 1.67. The molecule has 484 valence electrons. The van der Waals surface area contributed by atoms with Crippen molar-refractivity contribution in [2.24, 2.45) is 46.2 Å². The van der Waals surface area contributed by atoms with Gasteiger partial charge in [0.05, 0.1) is 28.8 Å². The van der Waals surface area contributed by atoms with E-state index < -0.39 is 0 Å². The molecular weight excluding hydrogens is 1020 g/mol. The van der Waals surface area contributed by atoms with Crippen LogP contribution in [0.3, 0.4) is 0 Å². The molecule has 7 aliphatic carbocycles. The Morgan fingerprint density at radius 1 is 0.716 bits per heavy atom. The fourth-order valence-corrected chi connectivity index (χ4v) is 4.70. The zero-order valence-corrected chi connectivity index (χ0v) is 59.8. The van der Waals surface area contributed by atoms with Crippen molar-refractivity contribution in [3.05, 3.63) is 52.5 Å². The van der Waals surface area contributed by atoms with Gasteiger partial charge in [0.15, 0.2) is 0 Å². The Bertz CT molecular complexity index is 1470. The number of aromatic amines is 2. The van der Waals surface area contributed by atoms with Crippen LogP contribution in [0.1, 0.15) is 209 Å². The monoisotopic (exact) mass is 1170 g/mol. The molecule has 14 nitrogen and oxygen atoms in total. The lowest BCUT2D eigenvalue weighted by Crippen LogP contribution is -2.15. The Labute approximate surface area is 509 Å². The number of aryl methyl sites for hydroxylation is 3. The van der Waals surface area contributed by atoms with E-state index in [4.69, 9.17) is 10.4 Å². The molecule has 2 unspecified atom stereocenters. The molecule has 81 heavy (non-hydrogen) atoms. The number of nitrogens with zero attached hydrogens (tertiary/aromatic N) is 7. The summed E-state index contributed by atoms with van der Waals surface area (Å²) in [7, 11) is 22.7. The molecule has 2 atom stereocenters. The van der Waals surface area contributed by atoms with E-state index in [1.54, 1.807) is 38.0 Å². The first-order chi connectivity index (χ1) is 37.9. The van der Waals surface area contributed by atoms with Crippen LogP contribution in [0.4, 0.5) is 0 Å². The highest BCUT2D eigenvalue weighted by Crippen LogP contribution is 2.44. The largest absolute Gasteiger partial charge is 0.390 e. The SMILES string of the molecule is CC1(C#N)CC1.CC1(C)CC1.CC1(O)CC1.CC1CC1.CC1CC1C.CC1CCC1.CC1CCCC1.CCN(C)C.CCN(C)CC.CCNC.CN.CN(C)C.CNC.COC.Cc1ccn[nH]1.Cc1cn[nH]c1.Cc1cncs1. The third-order valence-corrected chi connectivity index (χ3v) is 13.5. The molecule has 7 N–H and O–H groups in total. The molecule has 10 rings (SSSR count). The predicted octanol–water partition coefficient (Wildman–Crippen LogP) is 15.2. The standard InChI is InChI=1S/C6H12.C5H7N.C5H13N.3C5H10.2C4H6N2.C4H5NS.C4H11N.C4H8O.C4H8.2C3H9N.C2H7N.C2H6O.CH5N/c1-6-4-2-3-5-6;1-5(4-6)2-3-5;1-4-6(3)5-2;1-5(2)3-4-5;1-4-3-5(4)2;1-5-3-2-4-5;1-4-2-5-6-3-4;1-4-2-3-5-6-4;1-4-2-5-3-6-4;1-4-5(2)3;1-4(5)2-3-4;1-4-2-3-4;1-4(2)3;1-3-4-2;2*1-3-2;1-2/h6H,2-5H2,1H3;2-3H2,1H3;4-5H2,1-3H3;3-4H2,1-2H3;4-5H,3H2,1-2H3;5H,2-4H2,1H3;2*2-3H,1H3,(H,5,6);2-3H,1H3;4H2,1-3H3;5H,2-3H2,1H3;4H,2-3H2,1H3;1-3H3;4H,3H2,1-2H3;3H,1-2H3;1-2H3;2H2,1H3. The first kappa shape index (κ1) is 92.0. The molecule has 7 saturated carbocycles. The first-order valence-electron chi connectivity index (χ1n) is 31.0. The second-order valence-electron chi connectivity index (χ2n) is 24.6. The van der Waals surface area contributed by atoms with Crippen LogP contribution in [0.25, 0.3) is 0 Å². The van der Waals surface area contributed by atoms with Gasteiger partial charge in [-0.15, -0.1) is 11.3 Å². The molecule has 0 aromatic carbocycles. The van der Waals surface area contributed by atoms with E-state index in [0.717, 1.165) is 92.6 Å². The number of ether oxygens (including phenoxy) is 1. The number of aliphatic hydroxyl groups is 1. The van der Waals surface area contributed by atoms with Gasteiger partial charge >= 0.3 is 0 Å². The van der Waals surface area contributed by atoms with E-state index in [2.05, 4.69) is 160 Å². The zero-order chi connectivity index (χ0) is 64.3. The molecule has 3 heterocycles. The minimum Gasteiger partial charge on any atom is -0.390 e. The van der Waals surface area contributed by atoms with Gasteiger partial charge in [-0.2, -0.15) is 15.5 Å². The van der Waals surface area contributed by atoms with Crippen LogP contribution in [0, 0.1) is 72.5 Å². The Hall–Kier alpha value is -2.78. The summed E-state index contributed by atoms with van der Waals surface area (Å²) in [5.74, 6) is 5.30. The number of H-pyrrole nitrogens is 2. The maximum Gasteiger partial charge on any atom is 0.0794 e. The van der Waals surface area contributed by atoms with Gasteiger partial charge in [-0.05, 0) is 223 Å². The van der Waals surface area contributed by atoms with Crippen molar-refractivity contribution in [3.63, 3.8) is 0 Å². The Kier molecular flexibility index (Phi) is 71.8. The van der Waals surface area contributed by atoms with Gasteiger partial charge < -0.3 is 40.9 Å². The Morgan fingerprint density at radius 2 is 1.09 bits per heavy atom. The van der Waals surface area contributed by atoms with E-state index in [9.17, 15) is 0 Å². The third kappa shape index (κ3) is 103. The number of aromatic nitrogens is 5. The summed E-state index contributed by atoms with van der Waals surface area (Å²) in [4.78, 5) is 11.5. The molecule has 0 spiro atoms. The Morgan fingerprint density at radius 3 is 1.14 bits per heavy atom. The van der Waals surface area contributed by atoms with Crippen molar-refractivity contribution in [1.82, 2.24) is 50.7 Å². The van der Waals surface area contributed by atoms with Crippen LogP contribution in [0.2, 0.25) is 0 Å². The van der Waals surface area contributed by atoms with Gasteiger partial charge in [0.1, 0.15) is 0 Å². The van der Waals surface area contributed by atoms with Gasteiger partial charge in [-0.1, -0.05) is 134 Å². The number of nitrogens with two attached hydrogens (primary N) is 1. The van der Waals surface area contributed by atoms with Crippen LogP contribution in [-0.4, -0.2) is 162 Å². The topological polar surface area (TPSA) is 183 Å². The second kappa shape index (κ2) is 63.2. The van der Waals surface area contributed by atoms with Crippen molar-refractivity contribution >= 4 is 11.3 Å². The molecule has 0 bridgehead atoms. The number of methoxy groups -OCH3 is 1. The average molecular weight is 1170 g/mol. The van der Waals surface area contributed by atoms with Gasteiger partial charge in [0.2, 0.25) is 0 Å². The summed E-state index contributed by atoms with van der Waals surface area (Å²) < 4.78 is 4.25. The van der Waals surface area contributed by atoms with Gasteiger partial charge in [-0.25, -0.2) is 0 Å². The van der Waals surface area contributed by atoms with E-state index in [-0.39, 0.29) is 11.0 Å². The average Bonchev–Trinajstić information content (AvgIpc) is 4.42. The van der Waals surface area contributed by atoms with Gasteiger partial charge in [0, 0.05) is 43.4 Å². The fraction of sp³-hybridized carbons (Fsp3) is 0.848. The highest BCUT2D eigenvalue weighted by Gasteiger charge is 2.37. The molecule has 3 aromatic heterocycles. The molecule has 7 fully saturated rings. The molecule has 15 heteroatoms. The normalized spacial score (nSPS) is 18.0. The first-order valence-corrected chi connectivity index (χ1v) is 31.8. The minimum absolute atomic E-state index is 0.0972. The Balaban J connectivity index is -0.000000144. The lowest BCUT2D eigenvalue weighted by atomic mass is 9.88. The second-order valence-corrected chi connectivity index (χ2v) is 25.7. The van der Waals surface area contributed by atoms with Crippen LogP contribution in [-0.2, 0) is 4.74 Å². The lowest BCUT2D eigenvalue weighted by Gasteiger charge is -2.18. The van der Waals surface area contributed by atoms with Crippen molar-refractivity contribution in [1.29, 1.82) is 5.26 Å². The molecule has 7 aliphatic rings. The molecule has 0 aliphatic heterocycles. The van der Waals surface area contributed by atoms with E-state index >= 15 is 0 Å². The van der Waals surface area contributed by atoms with Crippen LogP contribution in [0.15, 0.2) is 36.4 Å². The number of nitriles is 1. The van der Waals surface area contributed by atoms with Crippen molar-refractivity contribution < 1.29 is 9.84 Å². The van der Waals surface area contributed by atoms with Crippen molar-refractivity contribution in [2.45, 2.75) is 219 Å². The van der Waals surface area contributed by atoms with E-state index in [0.29, 0.717) is 0 Å². The lowest BCUT2D eigenvalue weighted by molar-refractivity contribution is 0.172. The van der Waals surface area contributed by atoms with Crippen LogP contribution < -0.4 is 16.4 Å². The number of nitrogens with one attached hydrogen (secondary N) is 4. The zero-order valence-electron chi connectivity index (χ0n) is 59.0. The number of thiazole rings is 1. The summed E-state index contributed by atoms with van der Waals surface area (Å²) in [6.45, 7) is 39.0. The number of rotatable bonds is 4. The molecule has 3 aromatic rings. The number of hydrogen-bond acceptors (Lipinski definition) is 13. The highest BCUT2D eigenvalue weighted by molar-refractivity contribution is 7.09. The molecular formula is C66H142N12O2S. The highest BCUT2D eigenvalue weighted by atomic mass is 32.1. The van der Waals surface area contributed by atoms with E-state index in [1.807, 2.05) is 106 Å². The predicted molar refractivity (Wildman–Crippen MR) is 362 cm³/mol. The quantitative estimate of drug-likeness (QED) is 0.146. The summed E-state index contributed by atoms with van der Waals surface area (Å²) in [5, 5.41) is 35.4. The maximum atomic E-state index is 8.63. The smallest absolute Gasteiger partial charge is 0.0794 e. The fourth-order valence-electron chi connectivity index (χ4n) is 4.29. The third-order valence-electron chi connectivity index (χ3n) is 12.8. The summed E-state index contributed by atoms with van der Waals surface area (Å²) in [6, 6.07) is 4.13. The minimum atomic E-state index is -0.250. The van der Waals surface area contributed by atoms with Gasteiger partial charge in [-0.3, -0.25) is 15.2 Å². The van der Waals surface area contributed by atoms with Crippen molar-refractivity contribution in [3.8, 4) is 6.07 Å². The van der Waals surface area contributed by atoms with Gasteiger partial charge in [0.25, 0.3) is 0 Å². The number of hydrogen-bond donors (Lipinski definition) is 6. The van der Waals surface area contributed by atoms with E-state index in [1.165, 1.54) is 94.5 Å². The molecule has 0 radical (unpaired) electrons. The molecule has 0 saturated heterocycles. The summed E-state index contributed by atoms with van der Waals surface area (Å²) in [5.41, 5.74) is 9.21. The maximum absolute atomic E-state index is 8.63. The van der Waals surface area contributed by atoms with Crippen LogP contribution >= 0.6 is 11.3 Å². The molecule has 0 amide bonds. The van der Waals surface area contributed by atoms with Crippen molar-refractivity contribution in [2.75, 3.05) is 111 Å². The summed E-state index contributed by atoms with van der Waals surface area (Å²) in [6.07, 6.45) is 29.2. The van der Waals surface area contributed by atoms with Crippen LogP contribution in [0.5, 0.6) is 0 Å².